The number of hydrogen-bond acceptors (Lipinski definition) is 3. The van der Waals surface area contributed by atoms with Crippen molar-refractivity contribution in [1.29, 1.82) is 0 Å². The minimum absolute atomic E-state index is 0.202. The number of carbonyl (C=O) groups excluding carboxylic acids is 1. The van der Waals surface area contributed by atoms with Crippen LogP contribution in [-0.2, 0) is 14.3 Å². The van der Waals surface area contributed by atoms with Gasteiger partial charge in [-0.15, -0.1) is 0 Å². The van der Waals surface area contributed by atoms with E-state index < -0.39 is 13.7 Å². The Labute approximate surface area is 131 Å². The molecule has 1 saturated heterocycles. The van der Waals surface area contributed by atoms with E-state index in [1.165, 1.54) is 0 Å². The lowest BCUT2D eigenvalue weighted by Crippen LogP contribution is -2.58. The second-order valence-electron chi connectivity index (χ2n) is 7.68. The molecule has 0 unspecified atom stereocenters. The summed E-state index contributed by atoms with van der Waals surface area (Å²) in [6.07, 6.45) is 1.05. The van der Waals surface area contributed by atoms with Gasteiger partial charge in [0.1, 0.15) is 0 Å². The molecule has 4 heteroatoms. The standard InChI is InChI=1S/C17H34O3Si/c1-9-19-16(18)17(8)10-15(20-17)11-21(12(2)3,13(4)5)14(6)7/h12-15H,9-11H2,1-8H3/t15-,17-/m1/s1. The lowest BCUT2D eigenvalue weighted by molar-refractivity contribution is -0.216. The summed E-state index contributed by atoms with van der Waals surface area (Å²) >= 11 is 0. The van der Waals surface area contributed by atoms with Crippen molar-refractivity contribution in [3.63, 3.8) is 0 Å². The first-order valence-electron chi connectivity index (χ1n) is 8.45. The molecule has 124 valence electrons. The van der Waals surface area contributed by atoms with Crippen molar-refractivity contribution >= 4 is 14.0 Å². The van der Waals surface area contributed by atoms with Gasteiger partial charge in [0.15, 0.2) is 5.60 Å². The zero-order chi connectivity index (χ0) is 16.4. The van der Waals surface area contributed by atoms with Gasteiger partial charge in [0.25, 0.3) is 0 Å². The van der Waals surface area contributed by atoms with E-state index in [0.717, 1.165) is 29.1 Å². The summed E-state index contributed by atoms with van der Waals surface area (Å²) in [5, 5.41) is 0. The van der Waals surface area contributed by atoms with Crippen molar-refractivity contribution in [3.8, 4) is 0 Å². The lowest BCUT2D eigenvalue weighted by Gasteiger charge is -2.51. The molecule has 0 saturated carbocycles. The van der Waals surface area contributed by atoms with Gasteiger partial charge >= 0.3 is 5.97 Å². The Kier molecular flexibility index (Phi) is 6.07. The second-order valence-corrected chi connectivity index (χ2v) is 13.8. The Morgan fingerprint density at radius 1 is 1.19 bits per heavy atom. The maximum atomic E-state index is 11.9. The molecular formula is C17H34O3Si. The smallest absolute Gasteiger partial charge is 0.338 e. The number of carbonyl (C=O) groups is 1. The molecule has 1 rings (SSSR count). The summed E-state index contributed by atoms with van der Waals surface area (Å²) in [5.74, 6) is -0.202. The molecule has 1 fully saturated rings. The SMILES string of the molecule is CCOC(=O)[C@@]1(C)C[C@H](C[Si](C(C)C)(C(C)C)C(C)C)O1. The molecule has 3 nitrogen and oxygen atoms in total. The summed E-state index contributed by atoms with van der Waals surface area (Å²) in [6.45, 7) is 18.3. The van der Waals surface area contributed by atoms with E-state index in [1.807, 2.05) is 13.8 Å². The van der Waals surface area contributed by atoms with Gasteiger partial charge in [-0.05, 0) is 19.9 Å². The fourth-order valence-corrected chi connectivity index (χ4v) is 10.9. The third-order valence-corrected chi connectivity index (χ3v) is 13.2. The van der Waals surface area contributed by atoms with Gasteiger partial charge in [0.05, 0.1) is 20.8 Å². The molecule has 0 aromatic carbocycles. The highest BCUT2D eigenvalue weighted by atomic mass is 28.3. The van der Waals surface area contributed by atoms with E-state index in [0.29, 0.717) is 6.61 Å². The third-order valence-electron chi connectivity index (χ3n) is 5.56. The van der Waals surface area contributed by atoms with Gasteiger partial charge in [0, 0.05) is 6.42 Å². The largest absolute Gasteiger partial charge is 0.464 e. The van der Waals surface area contributed by atoms with Crippen LogP contribution in [0.15, 0.2) is 0 Å². The molecule has 0 radical (unpaired) electrons. The van der Waals surface area contributed by atoms with Crippen molar-refractivity contribution in [2.45, 2.75) is 96.2 Å². The van der Waals surface area contributed by atoms with Crippen LogP contribution >= 0.6 is 0 Å². The number of ether oxygens (including phenoxy) is 2. The van der Waals surface area contributed by atoms with Crippen molar-refractivity contribution < 1.29 is 14.3 Å². The Balaban J connectivity index is 2.75. The van der Waals surface area contributed by atoms with Crippen molar-refractivity contribution in [1.82, 2.24) is 0 Å². The highest BCUT2D eigenvalue weighted by Gasteiger charge is 2.53. The van der Waals surface area contributed by atoms with Crippen LogP contribution in [0, 0.1) is 0 Å². The molecule has 0 aliphatic carbocycles. The molecule has 0 amide bonds. The monoisotopic (exact) mass is 314 g/mol. The van der Waals surface area contributed by atoms with E-state index in [-0.39, 0.29) is 12.1 Å². The summed E-state index contributed by atoms with van der Waals surface area (Å²) < 4.78 is 11.1. The van der Waals surface area contributed by atoms with Crippen molar-refractivity contribution in [2.24, 2.45) is 0 Å². The van der Waals surface area contributed by atoms with Crippen molar-refractivity contribution in [3.05, 3.63) is 0 Å². The van der Waals surface area contributed by atoms with Gasteiger partial charge in [-0.2, -0.15) is 0 Å². The zero-order valence-electron chi connectivity index (χ0n) is 15.2. The second kappa shape index (κ2) is 6.82. The first kappa shape index (κ1) is 18.7. The van der Waals surface area contributed by atoms with Crippen LogP contribution in [0.1, 0.15) is 61.8 Å². The Hall–Kier alpha value is -0.353. The van der Waals surface area contributed by atoms with Crippen LogP contribution in [0.3, 0.4) is 0 Å². The van der Waals surface area contributed by atoms with Gasteiger partial charge in [-0.25, -0.2) is 4.79 Å². The molecule has 0 aromatic rings. The topological polar surface area (TPSA) is 35.5 Å². The van der Waals surface area contributed by atoms with Crippen molar-refractivity contribution in [2.75, 3.05) is 6.61 Å². The summed E-state index contributed by atoms with van der Waals surface area (Å²) in [5.41, 5.74) is 1.49. The summed E-state index contributed by atoms with van der Waals surface area (Å²) in [6, 6.07) is 1.16. The fourth-order valence-electron chi connectivity index (χ4n) is 4.42. The third kappa shape index (κ3) is 3.53. The minimum Gasteiger partial charge on any atom is -0.464 e. The number of hydrogen-bond donors (Lipinski definition) is 0. The highest BCUT2D eigenvalue weighted by Crippen LogP contribution is 2.49. The van der Waals surface area contributed by atoms with E-state index in [1.54, 1.807) is 0 Å². The van der Waals surface area contributed by atoms with E-state index in [4.69, 9.17) is 9.47 Å². The average molecular weight is 315 g/mol. The first-order valence-corrected chi connectivity index (χ1v) is 10.9. The summed E-state index contributed by atoms with van der Waals surface area (Å²) in [7, 11) is -1.45. The molecular weight excluding hydrogens is 280 g/mol. The normalized spacial score (nSPS) is 26.3. The molecule has 0 bridgehead atoms. The van der Waals surface area contributed by atoms with Gasteiger partial charge in [-0.1, -0.05) is 58.2 Å². The average Bonchev–Trinajstić information content (AvgIpc) is 2.31. The quantitative estimate of drug-likeness (QED) is 0.501. The van der Waals surface area contributed by atoms with Crippen LogP contribution < -0.4 is 0 Å². The Morgan fingerprint density at radius 2 is 1.62 bits per heavy atom. The predicted molar refractivity (Wildman–Crippen MR) is 90.4 cm³/mol. The van der Waals surface area contributed by atoms with E-state index in [2.05, 4.69) is 41.5 Å². The van der Waals surface area contributed by atoms with E-state index >= 15 is 0 Å². The summed E-state index contributed by atoms with van der Waals surface area (Å²) in [4.78, 5) is 11.9. The zero-order valence-corrected chi connectivity index (χ0v) is 16.2. The van der Waals surface area contributed by atoms with Gasteiger partial charge < -0.3 is 9.47 Å². The first-order chi connectivity index (χ1) is 9.60. The fraction of sp³-hybridized carbons (Fsp3) is 0.941. The minimum atomic E-state index is -1.45. The van der Waals surface area contributed by atoms with Crippen LogP contribution in [0.5, 0.6) is 0 Å². The highest BCUT2D eigenvalue weighted by molar-refractivity contribution is 6.83. The Morgan fingerprint density at radius 3 is 1.95 bits per heavy atom. The number of esters is 1. The van der Waals surface area contributed by atoms with Gasteiger partial charge in [-0.3, -0.25) is 0 Å². The molecule has 1 heterocycles. The maximum absolute atomic E-state index is 11.9. The van der Waals surface area contributed by atoms with Crippen LogP contribution in [-0.4, -0.2) is 32.4 Å². The maximum Gasteiger partial charge on any atom is 0.338 e. The number of rotatable bonds is 7. The molecule has 0 N–H and O–H groups in total. The van der Waals surface area contributed by atoms with Crippen LogP contribution in [0.4, 0.5) is 0 Å². The molecule has 1 aliphatic heterocycles. The van der Waals surface area contributed by atoms with Gasteiger partial charge in [0.2, 0.25) is 0 Å². The lowest BCUT2D eigenvalue weighted by atomic mass is 9.92. The molecule has 21 heavy (non-hydrogen) atoms. The van der Waals surface area contributed by atoms with Crippen LogP contribution in [0.2, 0.25) is 22.7 Å². The van der Waals surface area contributed by atoms with E-state index in [9.17, 15) is 4.79 Å². The molecule has 1 aliphatic rings. The van der Waals surface area contributed by atoms with Crippen LogP contribution in [0.25, 0.3) is 0 Å². The molecule has 0 aromatic heterocycles. The molecule has 2 atom stereocenters. The predicted octanol–water partition coefficient (Wildman–Crippen LogP) is 4.78. The molecule has 0 spiro atoms. The Bertz CT molecular complexity index is 335.